The second-order valence-corrected chi connectivity index (χ2v) is 7.81. The molecule has 8 heteroatoms. The fourth-order valence-electron chi connectivity index (χ4n) is 4.01. The lowest BCUT2D eigenvalue weighted by atomic mass is 9.91. The van der Waals surface area contributed by atoms with Gasteiger partial charge in [0.25, 0.3) is 0 Å². The molecular formula is C28H22N4O4. The molecule has 36 heavy (non-hydrogen) atoms. The van der Waals surface area contributed by atoms with Gasteiger partial charge in [-0.2, -0.15) is 10.5 Å². The van der Waals surface area contributed by atoms with Gasteiger partial charge in [0.05, 0.1) is 23.3 Å². The third-order valence-electron chi connectivity index (χ3n) is 5.52. The van der Waals surface area contributed by atoms with E-state index in [1.54, 1.807) is 74.5 Å². The fourth-order valence-corrected chi connectivity index (χ4v) is 4.01. The van der Waals surface area contributed by atoms with E-state index >= 15 is 0 Å². The maximum atomic E-state index is 12.4. The minimum Gasteiger partial charge on any atom is -0.410 e. The largest absolute Gasteiger partial charge is 0.412 e. The molecule has 0 radical (unpaired) electrons. The Bertz CT molecular complexity index is 1460. The number of nitrogens with one attached hydrogen (secondary N) is 2. The average molecular weight is 479 g/mol. The highest BCUT2D eigenvalue weighted by molar-refractivity contribution is 6.10. The highest BCUT2D eigenvalue weighted by Gasteiger charge is 2.22. The van der Waals surface area contributed by atoms with Crippen molar-refractivity contribution in [1.82, 2.24) is 10.6 Å². The highest BCUT2D eigenvalue weighted by Crippen LogP contribution is 2.46. The number of nitriles is 2. The number of hydrogen-bond acceptors (Lipinski definition) is 6. The van der Waals surface area contributed by atoms with E-state index in [9.17, 15) is 20.1 Å². The molecule has 0 saturated heterocycles. The Morgan fingerprint density at radius 1 is 0.694 bits per heavy atom. The van der Waals surface area contributed by atoms with E-state index < -0.39 is 12.2 Å². The summed E-state index contributed by atoms with van der Waals surface area (Å²) in [5.74, 6) is 0.492. The summed E-state index contributed by atoms with van der Waals surface area (Å²) in [5.41, 5.74) is 1.97. The lowest BCUT2D eigenvalue weighted by Gasteiger charge is -2.19. The Morgan fingerprint density at radius 3 is 1.47 bits per heavy atom. The standard InChI is InChI=1S/C28H22N4O4/c1-3-31-27(33)35-23-11-7-19-13-17(15-29)5-9-21(19)25(23)26-22-10-6-18(16-30)14-20(22)8-12-24(26)36-28(34)32-4-2/h5-14H,3-4H2,1-2H3,(H,31,33)(H,32,34). The molecule has 0 spiro atoms. The predicted octanol–water partition coefficient (Wildman–Crippen LogP) is 5.62. The quantitative estimate of drug-likeness (QED) is 0.384. The molecule has 0 aliphatic heterocycles. The second-order valence-electron chi connectivity index (χ2n) is 7.81. The first kappa shape index (κ1) is 24.1. The summed E-state index contributed by atoms with van der Waals surface area (Å²) in [4.78, 5) is 24.8. The van der Waals surface area contributed by atoms with Gasteiger partial charge < -0.3 is 20.1 Å². The molecule has 0 aromatic heterocycles. The topological polar surface area (TPSA) is 124 Å². The number of ether oxygens (including phenoxy) is 2. The molecule has 0 heterocycles. The molecule has 4 rings (SSSR count). The van der Waals surface area contributed by atoms with Gasteiger partial charge in [-0.25, -0.2) is 9.59 Å². The Balaban J connectivity index is 2.08. The number of amides is 2. The van der Waals surface area contributed by atoms with Crippen LogP contribution in [0, 0.1) is 22.7 Å². The van der Waals surface area contributed by atoms with Crippen molar-refractivity contribution in [3.8, 4) is 34.8 Å². The maximum absolute atomic E-state index is 12.4. The van der Waals surface area contributed by atoms with Gasteiger partial charge in [0.15, 0.2) is 0 Å². The SMILES string of the molecule is CCNC(=O)Oc1ccc2cc(C#N)ccc2c1-c1c(OC(=O)NCC)ccc2cc(C#N)ccc12. The first-order valence-electron chi connectivity index (χ1n) is 11.3. The van der Waals surface area contributed by atoms with Crippen molar-refractivity contribution in [3.05, 3.63) is 71.8 Å². The van der Waals surface area contributed by atoms with Crippen molar-refractivity contribution in [1.29, 1.82) is 10.5 Å². The molecule has 2 amide bonds. The first-order chi connectivity index (χ1) is 17.5. The van der Waals surface area contributed by atoms with Gasteiger partial charge in [-0.05, 0) is 71.8 Å². The molecule has 8 nitrogen and oxygen atoms in total. The van der Waals surface area contributed by atoms with Gasteiger partial charge in [-0.3, -0.25) is 0 Å². The van der Waals surface area contributed by atoms with Gasteiger partial charge in [0.1, 0.15) is 11.5 Å². The van der Waals surface area contributed by atoms with Crippen LogP contribution in [0.4, 0.5) is 9.59 Å². The molecular weight excluding hydrogens is 456 g/mol. The van der Waals surface area contributed by atoms with Crippen LogP contribution in [0.5, 0.6) is 11.5 Å². The summed E-state index contributed by atoms with van der Waals surface area (Å²) in [6.45, 7) is 4.32. The Kier molecular flexibility index (Phi) is 6.99. The van der Waals surface area contributed by atoms with Crippen LogP contribution in [0.15, 0.2) is 60.7 Å². The van der Waals surface area contributed by atoms with Crippen LogP contribution in [0.1, 0.15) is 25.0 Å². The van der Waals surface area contributed by atoms with Gasteiger partial charge in [-0.1, -0.05) is 24.3 Å². The summed E-state index contributed by atoms with van der Waals surface area (Å²) in [6.07, 6.45) is -1.27. The lowest BCUT2D eigenvalue weighted by Crippen LogP contribution is -2.27. The van der Waals surface area contributed by atoms with Crippen molar-refractivity contribution >= 4 is 33.7 Å². The summed E-state index contributed by atoms with van der Waals surface area (Å²) in [7, 11) is 0. The molecule has 0 aliphatic rings. The normalized spacial score (nSPS) is 10.3. The first-order valence-corrected chi connectivity index (χ1v) is 11.3. The number of carbonyl (C=O) groups is 2. The monoisotopic (exact) mass is 478 g/mol. The highest BCUT2D eigenvalue weighted by atomic mass is 16.6. The zero-order chi connectivity index (χ0) is 25.7. The predicted molar refractivity (Wildman–Crippen MR) is 136 cm³/mol. The zero-order valence-corrected chi connectivity index (χ0v) is 19.7. The summed E-state index contributed by atoms with van der Waals surface area (Å²) in [6, 6.07) is 21.4. The fraction of sp³-hybridized carbons (Fsp3) is 0.143. The van der Waals surface area contributed by atoms with Crippen LogP contribution in [-0.4, -0.2) is 25.3 Å². The number of nitrogens with zero attached hydrogens (tertiary/aromatic N) is 2. The Labute approximate surface area is 207 Å². The van der Waals surface area contributed by atoms with Crippen molar-refractivity contribution in [2.75, 3.05) is 13.1 Å². The molecule has 178 valence electrons. The van der Waals surface area contributed by atoms with Crippen LogP contribution in [0.25, 0.3) is 32.7 Å². The number of benzene rings is 4. The van der Waals surface area contributed by atoms with E-state index in [1.807, 2.05) is 0 Å². The van der Waals surface area contributed by atoms with Crippen LogP contribution < -0.4 is 20.1 Å². The molecule has 0 fully saturated rings. The minimum atomic E-state index is -0.634. The third kappa shape index (κ3) is 4.75. The summed E-state index contributed by atoms with van der Waals surface area (Å²) < 4.78 is 11.4. The molecule has 4 aromatic rings. The molecule has 0 aliphatic carbocycles. The lowest BCUT2D eigenvalue weighted by molar-refractivity contribution is 0.199. The molecule has 4 aromatic carbocycles. The molecule has 0 bridgehead atoms. The summed E-state index contributed by atoms with van der Waals surface area (Å²) >= 11 is 0. The van der Waals surface area contributed by atoms with Gasteiger partial charge in [0.2, 0.25) is 0 Å². The molecule has 0 atom stereocenters. The number of hydrogen-bond donors (Lipinski definition) is 2. The van der Waals surface area contributed by atoms with E-state index in [1.165, 1.54) is 0 Å². The van der Waals surface area contributed by atoms with E-state index in [2.05, 4.69) is 22.8 Å². The van der Waals surface area contributed by atoms with Crippen LogP contribution in [0.2, 0.25) is 0 Å². The van der Waals surface area contributed by atoms with Crippen molar-refractivity contribution < 1.29 is 19.1 Å². The van der Waals surface area contributed by atoms with Crippen LogP contribution in [0.3, 0.4) is 0 Å². The number of rotatable bonds is 5. The Morgan fingerprint density at radius 2 is 1.11 bits per heavy atom. The van der Waals surface area contributed by atoms with E-state index in [0.29, 0.717) is 46.1 Å². The van der Waals surface area contributed by atoms with E-state index in [4.69, 9.17) is 9.47 Å². The van der Waals surface area contributed by atoms with Gasteiger partial charge >= 0.3 is 12.2 Å². The van der Waals surface area contributed by atoms with Crippen molar-refractivity contribution in [2.45, 2.75) is 13.8 Å². The zero-order valence-electron chi connectivity index (χ0n) is 19.7. The van der Waals surface area contributed by atoms with E-state index in [0.717, 1.165) is 10.8 Å². The van der Waals surface area contributed by atoms with Crippen molar-refractivity contribution in [3.63, 3.8) is 0 Å². The van der Waals surface area contributed by atoms with Gasteiger partial charge in [0, 0.05) is 24.2 Å². The molecule has 0 saturated carbocycles. The van der Waals surface area contributed by atoms with Crippen molar-refractivity contribution in [2.24, 2.45) is 0 Å². The van der Waals surface area contributed by atoms with Crippen LogP contribution >= 0.6 is 0 Å². The molecule has 2 N–H and O–H groups in total. The minimum absolute atomic E-state index is 0.246. The maximum Gasteiger partial charge on any atom is 0.412 e. The summed E-state index contributed by atoms with van der Waals surface area (Å²) in [5, 5.41) is 26.9. The number of fused-ring (bicyclic) bond motifs is 2. The second kappa shape index (κ2) is 10.5. The molecule has 0 unspecified atom stereocenters. The van der Waals surface area contributed by atoms with E-state index in [-0.39, 0.29) is 11.5 Å². The Hall–Kier alpha value is -5.08. The third-order valence-corrected chi connectivity index (χ3v) is 5.52. The van der Waals surface area contributed by atoms with Gasteiger partial charge in [-0.15, -0.1) is 0 Å². The smallest absolute Gasteiger partial charge is 0.410 e. The van der Waals surface area contributed by atoms with Crippen LogP contribution in [-0.2, 0) is 0 Å². The average Bonchev–Trinajstić information content (AvgIpc) is 2.88. The number of carbonyl (C=O) groups excluding carboxylic acids is 2.